The molecule has 0 spiro atoms. The van der Waals surface area contributed by atoms with Crippen molar-refractivity contribution in [1.82, 2.24) is 5.32 Å². The van der Waals surface area contributed by atoms with Gasteiger partial charge in [0.15, 0.2) is 0 Å². The molecule has 5 nitrogen and oxygen atoms in total. The number of ether oxygens (including phenoxy) is 1. The first-order chi connectivity index (χ1) is 9.09. The number of nitrogens with one attached hydrogen (secondary N) is 1. The number of amides is 1. The van der Waals surface area contributed by atoms with Crippen molar-refractivity contribution in [3.8, 4) is 0 Å². The number of hydrogen-bond acceptors (Lipinski definition) is 4. The minimum absolute atomic E-state index is 0.0119. The highest BCUT2D eigenvalue weighted by Crippen LogP contribution is 2.19. The molecule has 5 heteroatoms. The van der Waals surface area contributed by atoms with Gasteiger partial charge in [-0.25, -0.2) is 0 Å². The molecule has 1 amide bonds. The second-order valence-electron chi connectivity index (χ2n) is 5.32. The lowest BCUT2D eigenvalue weighted by atomic mass is 10.1. The van der Waals surface area contributed by atoms with E-state index in [0.717, 1.165) is 25.7 Å². The van der Waals surface area contributed by atoms with Crippen molar-refractivity contribution >= 4 is 11.9 Å². The molecule has 0 aliphatic heterocycles. The molecule has 1 fully saturated rings. The van der Waals surface area contributed by atoms with E-state index in [1.807, 2.05) is 0 Å². The van der Waals surface area contributed by atoms with E-state index in [9.17, 15) is 9.59 Å². The van der Waals surface area contributed by atoms with E-state index in [1.54, 1.807) is 6.92 Å². The number of nitrogens with two attached hydrogens (primary N) is 1. The smallest absolute Gasteiger partial charge is 0.325 e. The van der Waals surface area contributed by atoms with Crippen LogP contribution in [0.4, 0.5) is 0 Å². The van der Waals surface area contributed by atoms with Crippen LogP contribution in [0.5, 0.6) is 0 Å². The van der Waals surface area contributed by atoms with Crippen LogP contribution in [0.15, 0.2) is 0 Å². The maximum absolute atomic E-state index is 11.6. The molecule has 0 aromatic heterocycles. The summed E-state index contributed by atoms with van der Waals surface area (Å²) in [5, 5.41) is 2.47. The summed E-state index contributed by atoms with van der Waals surface area (Å²) in [4.78, 5) is 22.9. The van der Waals surface area contributed by atoms with E-state index >= 15 is 0 Å². The molecule has 1 aliphatic rings. The van der Waals surface area contributed by atoms with Gasteiger partial charge in [-0.1, -0.05) is 25.7 Å². The lowest BCUT2D eigenvalue weighted by Gasteiger charge is -2.17. The van der Waals surface area contributed by atoms with E-state index in [1.165, 1.54) is 25.7 Å². The molecule has 0 aromatic carbocycles. The minimum atomic E-state index is -0.599. The summed E-state index contributed by atoms with van der Waals surface area (Å²) >= 11 is 0. The Bertz CT molecular complexity index is 282. The molecule has 0 bridgehead atoms. The standard InChI is InChI=1S/C14H26N2O3/c1-11(15)14(18)16-10-13(17)19-12-8-6-4-2-3-5-7-9-12/h11-12H,2-10,15H2,1H3,(H,16,18)/t11-/m0/s1. The first-order valence-corrected chi connectivity index (χ1v) is 7.32. The number of rotatable bonds is 4. The van der Waals surface area contributed by atoms with Crippen molar-refractivity contribution < 1.29 is 14.3 Å². The number of carbonyl (C=O) groups is 2. The Hall–Kier alpha value is -1.10. The van der Waals surface area contributed by atoms with Gasteiger partial charge in [0.05, 0.1) is 6.04 Å². The summed E-state index contributed by atoms with van der Waals surface area (Å²) in [5.41, 5.74) is 5.40. The van der Waals surface area contributed by atoms with Crippen molar-refractivity contribution in [3.63, 3.8) is 0 Å². The molecule has 0 unspecified atom stereocenters. The zero-order valence-corrected chi connectivity index (χ0v) is 11.8. The van der Waals surface area contributed by atoms with Crippen LogP contribution in [-0.2, 0) is 14.3 Å². The molecule has 0 heterocycles. The predicted octanol–water partition coefficient (Wildman–Crippen LogP) is 1.50. The summed E-state index contributed by atoms with van der Waals surface area (Å²) < 4.78 is 5.42. The van der Waals surface area contributed by atoms with Crippen molar-refractivity contribution in [2.24, 2.45) is 5.73 Å². The molecule has 110 valence electrons. The highest BCUT2D eigenvalue weighted by molar-refractivity contribution is 5.85. The maximum atomic E-state index is 11.6. The molecule has 19 heavy (non-hydrogen) atoms. The molecule has 3 N–H and O–H groups in total. The fourth-order valence-electron chi connectivity index (χ4n) is 2.26. The van der Waals surface area contributed by atoms with E-state index in [0.29, 0.717) is 0 Å². The number of carbonyl (C=O) groups excluding carboxylic acids is 2. The van der Waals surface area contributed by atoms with Gasteiger partial charge >= 0.3 is 5.97 Å². The maximum Gasteiger partial charge on any atom is 0.325 e. The fraction of sp³-hybridized carbons (Fsp3) is 0.857. The Morgan fingerprint density at radius 3 is 2.21 bits per heavy atom. The van der Waals surface area contributed by atoms with Gasteiger partial charge in [0.25, 0.3) is 0 Å². The van der Waals surface area contributed by atoms with Crippen LogP contribution >= 0.6 is 0 Å². The SMILES string of the molecule is C[C@H](N)C(=O)NCC(=O)OC1CCCCCCCC1. The van der Waals surface area contributed by atoms with Crippen molar-refractivity contribution in [2.75, 3.05) is 6.54 Å². The van der Waals surface area contributed by atoms with Crippen LogP contribution in [0, 0.1) is 0 Å². The average Bonchev–Trinajstić information content (AvgIpc) is 2.49. The van der Waals surface area contributed by atoms with Crippen LogP contribution in [-0.4, -0.2) is 30.6 Å². The van der Waals surface area contributed by atoms with Crippen molar-refractivity contribution in [2.45, 2.75) is 70.4 Å². The number of esters is 1. The molecule has 0 saturated heterocycles. The summed E-state index contributed by atoms with van der Waals surface area (Å²) in [5.74, 6) is -0.690. The third-order valence-corrected chi connectivity index (χ3v) is 3.42. The Labute approximate surface area is 115 Å². The lowest BCUT2D eigenvalue weighted by Crippen LogP contribution is -2.41. The summed E-state index contributed by atoms with van der Waals surface area (Å²) in [6.45, 7) is 1.50. The van der Waals surface area contributed by atoms with Gasteiger partial charge in [0.2, 0.25) is 5.91 Å². The molecular formula is C14H26N2O3. The molecular weight excluding hydrogens is 244 g/mol. The van der Waals surface area contributed by atoms with E-state index in [2.05, 4.69) is 5.32 Å². The summed E-state index contributed by atoms with van der Waals surface area (Å²) in [6, 6.07) is -0.599. The van der Waals surface area contributed by atoms with Crippen LogP contribution in [0.2, 0.25) is 0 Å². The fourth-order valence-corrected chi connectivity index (χ4v) is 2.26. The third kappa shape index (κ3) is 7.15. The molecule has 0 radical (unpaired) electrons. The van der Waals surface area contributed by atoms with Gasteiger partial charge in [-0.2, -0.15) is 0 Å². The number of hydrogen-bond donors (Lipinski definition) is 2. The molecule has 0 aromatic rings. The normalized spacial score (nSPS) is 19.7. The minimum Gasteiger partial charge on any atom is -0.461 e. The first-order valence-electron chi connectivity index (χ1n) is 7.32. The monoisotopic (exact) mass is 270 g/mol. The van der Waals surface area contributed by atoms with Gasteiger partial charge in [0, 0.05) is 0 Å². The zero-order valence-electron chi connectivity index (χ0n) is 11.8. The van der Waals surface area contributed by atoms with Gasteiger partial charge < -0.3 is 15.8 Å². The predicted molar refractivity (Wildman–Crippen MR) is 73.5 cm³/mol. The summed E-state index contributed by atoms with van der Waals surface area (Å²) in [7, 11) is 0. The van der Waals surface area contributed by atoms with Gasteiger partial charge in [0.1, 0.15) is 12.6 Å². The van der Waals surface area contributed by atoms with Gasteiger partial charge in [-0.3, -0.25) is 9.59 Å². The first kappa shape index (κ1) is 16.0. The molecule has 1 atom stereocenters. The van der Waals surface area contributed by atoms with Crippen molar-refractivity contribution in [3.05, 3.63) is 0 Å². The Morgan fingerprint density at radius 1 is 1.16 bits per heavy atom. The second kappa shape index (κ2) is 8.91. The quantitative estimate of drug-likeness (QED) is 0.758. The third-order valence-electron chi connectivity index (χ3n) is 3.42. The second-order valence-corrected chi connectivity index (χ2v) is 5.32. The highest BCUT2D eigenvalue weighted by atomic mass is 16.5. The molecule has 1 saturated carbocycles. The summed E-state index contributed by atoms with van der Waals surface area (Å²) in [6.07, 6.45) is 9.12. The van der Waals surface area contributed by atoms with Gasteiger partial charge in [-0.15, -0.1) is 0 Å². The average molecular weight is 270 g/mol. The lowest BCUT2D eigenvalue weighted by molar-refractivity contribution is -0.149. The zero-order chi connectivity index (χ0) is 14.1. The molecule has 1 aliphatic carbocycles. The Balaban J connectivity index is 2.26. The topological polar surface area (TPSA) is 81.4 Å². The van der Waals surface area contributed by atoms with Crippen LogP contribution in [0.25, 0.3) is 0 Å². The van der Waals surface area contributed by atoms with E-state index in [4.69, 9.17) is 10.5 Å². The van der Waals surface area contributed by atoms with Crippen LogP contribution in [0.3, 0.4) is 0 Å². The molecule has 1 rings (SSSR count). The Kier molecular flexibility index (Phi) is 7.48. The van der Waals surface area contributed by atoms with E-state index in [-0.39, 0.29) is 24.5 Å². The van der Waals surface area contributed by atoms with E-state index < -0.39 is 6.04 Å². The van der Waals surface area contributed by atoms with Crippen LogP contribution in [0.1, 0.15) is 58.3 Å². The largest absolute Gasteiger partial charge is 0.461 e. The highest BCUT2D eigenvalue weighted by Gasteiger charge is 2.16. The van der Waals surface area contributed by atoms with Crippen LogP contribution < -0.4 is 11.1 Å². The van der Waals surface area contributed by atoms with Crippen molar-refractivity contribution in [1.29, 1.82) is 0 Å². The Morgan fingerprint density at radius 2 is 1.68 bits per heavy atom. The van der Waals surface area contributed by atoms with Gasteiger partial charge in [-0.05, 0) is 32.6 Å².